The molecule has 4 aromatic rings. The van der Waals surface area contributed by atoms with Gasteiger partial charge in [0, 0.05) is 5.56 Å². The predicted octanol–water partition coefficient (Wildman–Crippen LogP) is 6.96. The Morgan fingerprint density at radius 1 is 0.607 bits per heavy atom. The lowest BCUT2D eigenvalue weighted by Crippen LogP contribution is -2.44. The van der Waals surface area contributed by atoms with Crippen molar-refractivity contribution in [2.45, 2.75) is 25.2 Å². The van der Waals surface area contributed by atoms with Crippen LogP contribution < -0.4 is 0 Å². The largest absolute Gasteiger partial charge is 0.400 e. The van der Waals surface area contributed by atoms with Crippen LogP contribution in [0, 0.1) is 0 Å². The molecule has 1 aliphatic rings. The first kappa shape index (κ1) is 17.4. The van der Waals surface area contributed by atoms with E-state index in [1.165, 1.54) is 38.6 Å². The third-order valence-electron chi connectivity index (χ3n) is 5.52. The molecule has 2 heteroatoms. The highest BCUT2D eigenvalue weighted by Gasteiger charge is 2.46. The Bertz CT molecular complexity index is 1170. The van der Waals surface area contributed by atoms with E-state index in [2.05, 4.69) is 111 Å². The quantitative estimate of drug-likeness (QED) is 0.349. The van der Waals surface area contributed by atoms with E-state index in [1.54, 1.807) is 0 Å². The van der Waals surface area contributed by atoms with E-state index in [-0.39, 0.29) is 0 Å². The summed E-state index contributed by atoms with van der Waals surface area (Å²) in [6, 6.07) is 32.7. The molecule has 0 bridgehead atoms. The van der Waals surface area contributed by atoms with Crippen molar-refractivity contribution in [3.8, 4) is 11.1 Å². The molecule has 0 aromatic heterocycles. The maximum absolute atomic E-state index is 7.16. The normalized spacial score (nSPS) is 18.1. The Kier molecular flexibility index (Phi) is 3.83. The zero-order chi connectivity index (χ0) is 19.4. The standard InChI is InChI=1S/C26H24OSi/c1-28(2,3)27-26(20-13-5-4-6-14-20)23-17-8-7-15-21(23)22-16-9-11-19-12-10-18-24(26)25(19)22/h4-18H,1-3H3. The Labute approximate surface area is 167 Å². The molecule has 138 valence electrons. The smallest absolute Gasteiger partial charge is 0.185 e. The van der Waals surface area contributed by atoms with E-state index in [1.807, 2.05) is 0 Å². The average molecular weight is 381 g/mol. The molecule has 1 nitrogen and oxygen atoms in total. The summed E-state index contributed by atoms with van der Waals surface area (Å²) in [6.07, 6.45) is 0. The van der Waals surface area contributed by atoms with Crippen molar-refractivity contribution in [3.05, 3.63) is 108 Å². The van der Waals surface area contributed by atoms with Gasteiger partial charge in [0.2, 0.25) is 0 Å². The van der Waals surface area contributed by atoms with E-state index in [4.69, 9.17) is 4.43 Å². The highest BCUT2D eigenvalue weighted by Crippen LogP contribution is 2.53. The molecule has 0 amide bonds. The molecule has 5 rings (SSSR count). The molecule has 0 saturated heterocycles. The Morgan fingerprint density at radius 3 is 1.96 bits per heavy atom. The van der Waals surface area contributed by atoms with Crippen LogP contribution in [-0.4, -0.2) is 8.32 Å². The molecule has 1 aliphatic carbocycles. The lowest BCUT2D eigenvalue weighted by atomic mass is 9.71. The van der Waals surface area contributed by atoms with Gasteiger partial charge in [0.1, 0.15) is 5.60 Å². The van der Waals surface area contributed by atoms with Gasteiger partial charge in [-0.25, -0.2) is 0 Å². The number of rotatable bonds is 3. The first-order chi connectivity index (χ1) is 13.5. The molecule has 1 unspecified atom stereocenters. The second-order valence-corrected chi connectivity index (χ2v) is 12.9. The summed E-state index contributed by atoms with van der Waals surface area (Å²) in [5.41, 5.74) is 5.69. The van der Waals surface area contributed by atoms with Gasteiger partial charge in [0.15, 0.2) is 8.32 Å². The molecule has 28 heavy (non-hydrogen) atoms. The van der Waals surface area contributed by atoms with Crippen LogP contribution in [0.1, 0.15) is 16.7 Å². The number of hydrogen-bond acceptors (Lipinski definition) is 1. The Morgan fingerprint density at radius 2 is 1.21 bits per heavy atom. The molecule has 0 heterocycles. The minimum atomic E-state index is -1.91. The maximum Gasteiger partial charge on any atom is 0.185 e. The van der Waals surface area contributed by atoms with Crippen LogP contribution in [0.4, 0.5) is 0 Å². The van der Waals surface area contributed by atoms with Crippen molar-refractivity contribution in [3.63, 3.8) is 0 Å². The van der Waals surface area contributed by atoms with Crippen LogP contribution in [0.15, 0.2) is 91.0 Å². The summed E-state index contributed by atoms with van der Waals surface area (Å²) in [4.78, 5) is 0. The summed E-state index contributed by atoms with van der Waals surface area (Å²) in [5.74, 6) is 0. The molecular weight excluding hydrogens is 356 g/mol. The van der Waals surface area contributed by atoms with Crippen LogP contribution >= 0.6 is 0 Å². The van der Waals surface area contributed by atoms with Crippen LogP contribution in [0.25, 0.3) is 21.9 Å². The number of fused-ring (bicyclic) bond motifs is 2. The number of hydrogen-bond donors (Lipinski definition) is 0. The summed E-state index contributed by atoms with van der Waals surface area (Å²) in [6.45, 7) is 6.84. The molecular formula is C26H24OSi. The third-order valence-corrected chi connectivity index (χ3v) is 6.44. The number of benzene rings is 4. The van der Waals surface area contributed by atoms with Crippen LogP contribution in [0.3, 0.4) is 0 Å². The van der Waals surface area contributed by atoms with Crippen LogP contribution in [-0.2, 0) is 10.0 Å². The van der Waals surface area contributed by atoms with E-state index >= 15 is 0 Å². The summed E-state index contributed by atoms with van der Waals surface area (Å²) >= 11 is 0. The zero-order valence-electron chi connectivity index (χ0n) is 16.6. The Hall–Kier alpha value is -2.68. The van der Waals surface area contributed by atoms with Gasteiger partial charge in [-0.3, -0.25) is 0 Å². The molecule has 4 aromatic carbocycles. The fourth-order valence-electron chi connectivity index (χ4n) is 4.64. The van der Waals surface area contributed by atoms with Gasteiger partial charge in [0.05, 0.1) is 0 Å². The van der Waals surface area contributed by atoms with Crippen molar-refractivity contribution in [2.24, 2.45) is 0 Å². The molecule has 0 radical (unpaired) electrons. The van der Waals surface area contributed by atoms with Crippen molar-refractivity contribution in [2.75, 3.05) is 0 Å². The zero-order valence-corrected chi connectivity index (χ0v) is 17.6. The van der Waals surface area contributed by atoms with Gasteiger partial charge in [-0.05, 0) is 52.7 Å². The van der Waals surface area contributed by atoms with Crippen LogP contribution in [0.5, 0.6) is 0 Å². The Balaban J connectivity index is 2.00. The van der Waals surface area contributed by atoms with Crippen LogP contribution in [0.2, 0.25) is 19.6 Å². The molecule has 1 atom stereocenters. The molecule has 0 spiro atoms. The molecule has 0 N–H and O–H groups in total. The monoisotopic (exact) mass is 380 g/mol. The summed E-state index contributed by atoms with van der Waals surface area (Å²) in [7, 11) is -1.91. The fourth-order valence-corrected chi connectivity index (χ4v) is 5.90. The second-order valence-electron chi connectivity index (χ2n) is 8.52. The fraction of sp³-hybridized carbons (Fsp3) is 0.154. The van der Waals surface area contributed by atoms with E-state index < -0.39 is 13.9 Å². The highest BCUT2D eigenvalue weighted by atomic mass is 28.4. The summed E-state index contributed by atoms with van der Waals surface area (Å²) < 4.78 is 7.16. The maximum atomic E-state index is 7.16. The van der Waals surface area contributed by atoms with Gasteiger partial charge >= 0.3 is 0 Å². The van der Waals surface area contributed by atoms with Crippen molar-refractivity contribution >= 4 is 19.1 Å². The molecule has 0 aliphatic heterocycles. The molecule has 0 saturated carbocycles. The minimum Gasteiger partial charge on any atom is -0.400 e. The second kappa shape index (κ2) is 6.16. The van der Waals surface area contributed by atoms with E-state index in [9.17, 15) is 0 Å². The first-order valence-corrected chi connectivity index (χ1v) is 13.3. The third kappa shape index (κ3) is 2.49. The van der Waals surface area contributed by atoms with E-state index in [0.717, 1.165) is 0 Å². The highest BCUT2D eigenvalue weighted by molar-refractivity contribution is 6.69. The first-order valence-electron chi connectivity index (χ1n) is 9.88. The average Bonchev–Trinajstić information content (AvgIpc) is 2.71. The lowest BCUT2D eigenvalue weighted by molar-refractivity contribution is 0.148. The SMILES string of the molecule is C[Si](C)(C)OC1(c2ccccc2)c2ccccc2-c2cccc3cccc1c23. The molecule has 0 fully saturated rings. The van der Waals surface area contributed by atoms with E-state index in [0.29, 0.717) is 0 Å². The van der Waals surface area contributed by atoms with Gasteiger partial charge in [0.25, 0.3) is 0 Å². The van der Waals surface area contributed by atoms with Crippen molar-refractivity contribution in [1.29, 1.82) is 0 Å². The van der Waals surface area contributed by atoms with Gasteiger partial charge < -0.3 is 4.43 Å². The predicted molar refractivity (Wildman–Crippen MR) is 120 cm³/mol. The van der Waals surface area contributed by atoms with Gasteiger partial charge in [-0.2, -0.15) is 0 Å². The van der Waals surface area contributed by atoms with Crippen molar-refractivity contribution in [1.82, 2.24) is 0 Å². The summed E-state index contributed by atoms with van der Waals surface area (Å²) in [5, 5.41) is 2.58. The minimum absolute atomic E-state index is 0.587. The lowest BCUT2D eigenvalue weighted by Gasteiger charge is -2.44. The van der Waals surface area contributed by atoms with Crippen molar-refractivity contribution < 1.29 is 4.43 Å². The topological polar surface area (TPSA) is 9.23 Å². The van der Waals surface area contributed by atoms with Gasteiger partial charge in [-0.1, -0.05) is 91.0 Å². The van der Waals surface area contributed by atoms with Gasteiger partial charge in [-0.15, -0.1) is 0 Å².